The number of benzene rings is 1. The Morgan fingerprint density at radius 1 is 1.38 bits per heavy atom. The SMILES string of the molecule is COc1ccc(C(N)=O)cc1NC(C)C1CC2C=CC1C2. The topological polar surface area (TPSA) is 64.3 Å². The monoisotopic (exact) mass is 286 g/mol. The third kappa shape index (κ3) is 2.62. The highest BCUT2D eigenvalue weighted by atomic mass is 16.5. The molecule has 0 heterocycles. The molecule has 4 heteroatoms. The molecule has 3 N–H and O–H groups in total. The zero-order chi connectivity index (χ0) is 15.0. The summed E-state index contributed by atoms with van der Waals surface area (Å²) in [5.41, 5.74) is 6.70. The Bertz CT molecular complexity index is 582. The van der Waals surface area contributed by atoms with Crippen molar-refractivity contribution in [1.29, 1.82) is 0 Å². The fourth-order valence-electron chi connectivity index (χ4n) is 3.72. The van der Waals surface area contributed by atoms with Crippen molar-refractivity contribution >= 4 is 11.6 Å². The van der Waals surface area contributed by atoms with Gasteiger partial charge in [-0.2, -0.15) is 0 Å². The highest BCUT2D eigenvalue weighted by molar-refractivity contribution is 5.94. The van der Waals surface area contributed by atoms with E-state index in [1.54, 1.807) is 25.3 Å². The van der Waals surface area contributed by atoms with Gasteiger partial charge in [-0.15, -0.1) is 0 Å². The van der Waals surface area contributed by atoms with Crippen LogP contribution >= 0.6 is 0 Å². The standard InChI is InChI=1S/C17H22N2O2/c1-10(14-8-11-3-4-12(14)7-11)19-15-9-13(17(18)20)5-6-16(15)21-2/h3-6,9-12,14,19H,7-8H2,1-2H3,(H2,18,20). The first-order valence-electron chi connectivity index (χ1n) is 7.51. The van der Waals surface area contributed by atoms with Gasteiger partial charge in [-0.25, -0.2) is 0 Å². The third-order valence-electron chi connectivity index (χ3n) is 4.84. The maximum atomic E-state index is 11.3. The van der Waals surface area contributed by atoms with Crippen molar-refractivity contribution in [1.82, 2.24) is 0 Å². The van der Waals surface area contributed by atoms with Gasteiger partial charge in [0.1, 0.15) is 5.75 Å². The number of ether oxygens (including phenoxy) is 1. The van der Waals surface area contributed by atoms with Crippen molar-refractivity contribution in [2.75, 3.05) is 12.4 Å². The van der Waals surface area contributed by atoms with Crippen LogP contribution in [0.2, 0.25) is 0 Å². The lowest BCUT2D eigenvalue weighted by Crippen LogP contribution is -2.29. The number of hydrogen-bond donors (Lipinski definition) is 2. The average molecular weight is 286 g/mol. The number of fused-ring (bicyclic) bond motifs is 2. The minimum atomic E-state index is -0.420. The molecule has 1 saturated carbocycles. The number of rotatable bonds is 5. The van der Waals surface area contributed by atoms with Gasteiger partial charge in [0, 0.05) is 11.6 Å². The summed E-state index contributed by atoms with van der Waals surface area (Å²) in [6, 6.07) is 5.59. The molecule has 2 aliphatic carbocycles. The minimum absolute atomic E-state index is 0.335. The summed E-state index contributed by atoms with van der Waals surface area (Å²) in [7, 11) is 1.63. The summed E-state index contributed by atoms with van der Waals surface area (Å²) in [6.45, 7) is 2.20. The molecule has 1 aromatic rings. The molecule has 21 heavy (non-hydrogen) atoms. The number of primary amides is 1. The van der Waals surface area contributed by atoms with Crippen LogP contribution in [0.15, 0.2) is 30.4 Å². The summed E-state index contributed by atoms with van der Waals surface area (Å²) < 4.78 is 5.38. The van der Waals surface area contributed by atoms with Crippen LogP contribution in [0.1, 0.15) is 30.1 Å². The van der Waals surface area contributed by atoms with E-state index in [0.717, 1.165) is 17.4 Å². The van der Waals surface area contributed by atoms with Crippen LogP contribution in [-0.2, 0) is 0 Å². The van der Waals surface area contributed by atoms with Crippen LogP contribution in [0.3, 0.4) is 0 Å². The number of allylic oxidation sites excluding steroid dienone is 2. The van der Waals surface area contributed by atoms with E-state index in [2.05, 4.69) is 24.4 Å². The Labute approximate surface area is 125 Å². The molecular weight excluding hydrogens is 264 g/mol. The second-order valence-electron chi connectivity index (χ2n) is 6.16. The maximum absolute atomic E-state index is 11.3. The zero-order valence-electron chi connectivity index (χ0n) is 12.5. The van der Waals surface area contributed by atoms with Crippen molar-refractivity contribution in [3.63, 3.8) is 0 Å². The molecule has 0 aromatic heterocycles. The summed E-state index contributed by atoms with van der Waals surface area (Å²) in [5.74, 6) is 2.40. The van der Waals surface area contributed by atoms with Crippen molar-refractivity contribution in [3.8, 4) is 5.75 Å². The molecule has 2 aliphatic rings. The molecule has 2 bridgehead atoms. The van der Waals surface area contributed by atoms with E-state index >= 15 is 0 Å². The van der Waals surface area contributed by atoms with E-state index in [1.807, 2.05) is 0 Å². The van der Waals surface area contributed by atoms with Crippen LogP contribution < -0.4 is 15.8 Å². The van der Waals surface area contributed by atoms with Gasteiger partial charge in [0.25, 0.3) is 0 Å². The number of methoxy groups -OCH3 is 1. The van der Waals surface area contributed by atoms with Crippen LogP contribution in [0.4, 0.5) is 5.69 Å². The Morgan fingerprint density at radius 2 is 2.19 bits per heavy atom. The van der Waals surface area contributed by atoms with Gasteiger partial charge in [-0.3, -0.25) is 4.79 Å². The van der Waals surface area contributed by atoms with Gasteiger partial charge in [0.2, 0.25) is 5.91 Å². The van der Waals surface area contributed by atoms with Crippen LogP contribution in [-0.4, -0.2) is 19.1 Å². The van der Waals surface area contributed by atoms with Crippen molar-refractivity contribution in [2.45, 2.75) is 25.8 Å². The Kier molecular flexibility index (Phi) is 3.62. The number of amides is 1. The van der Waals surface area contributed by atoms with Gasteiger partial charge in [0.15, 0.2) is 0 Å². The van der Waals surface area contributed by atoms with E-state index in [-0.39, 0.29) is 0 Å². The first kappa shape index (κ1) is 14.0. The first-order valence-corrected chi connectivity index (χ1v) is 7.51. The van der Waals surface area contributed by atoms with Gasteiger partial charge < -0.3 is 15.8 Å². The number of nitrogens with one attached hydrogen (secondary N) is 1. The predicted molar refractivity (Wildman–Crippen MR) is 83.4 cm³/mol. The van der Waals surface area contributed by atoms with E-state index in [4.69, 9.17) is 10.5 Å². The number of hydrogen-bond acceptors (Lipinski definition) is 3. The summed E-state index contributed by atoms with van der Waals surface area (Å²) in [4.78, 5) is 11.3. The number of carbonyl (C=O) groups excluding carboxylic acids is 1. The van der Waals surface area contributed by atoms with Crippen molar-refractivity contribution < 1.29 is 9.53 Å². The summed E-state index contributed by atoms with van der Waals surface area (Å²) in [6.07, 6.45) is 7.23. The number of nitrogens with two attached hydrogens (primary N) is 1. The Balaban J connectivity index is 1.78. The second kappa shape index (κ2) is 5.43. The quantitative estimate of drug-likeness (QED) is 0.818. The number of anilines is 1. The van der Waals surface area contributed by atoms with E-state index < -0.39 is 5.91 Å². The molecule has 3 rings (SSSR count). The summed E-state index contributed by atoms with van der Waals surface area (Å²) >= 11 is 0. The molecule has 0 radical (unpaired) electrons. The number of carbonyl (C=O) groups is 1. The third-order valence-corrected chi connectivity index (χ3v) is 4.84. The molecule has 4 atom stereocenters. The van der Waals surface area contributed by atoms with Crippen LogP contribution in [0, 0.1) is 17.8 Å². The molecule has 112 valence electrons. The van der Waals surface area contributed by atoms with E-state index in [1.165, 1.54) is 12.8 Å². The van der Waals surface area contributed by atoms with Crippen molar-refractivity contribution in [3.05, 3.63) is 35.9 Å². The molecular formula is C17H22N2O2. The van der Waals surface area contributed by atoms with Gasteiger partial charge >= 0.3 is 0 Å². The van der Waals surface area contributed by atoms with Gasteiger partial charge in [0.05, 0.1) is 12.8 Å². The Morgan fingerprint density at radius 3 is 2.76 bits per heavy atom. The summed E-state index contributed by atoms with van der Waals surface area (Å²) in [5, 5.41) is 3.52. The fraction of sp³-hybridized carbons (Fsp3) is 0.471. The smallest absolute Gasteiger partial charge is 0.248 e. The van der Waals surface area contributed by atoms with Gasteiger partial charge in [-0.1, -0.05) is 12.2 Å². The highest BCUT2D eigenvalue weighted by Gasteiger charge is 2.38. The first-order chi connectivity index (χ1) is 10.1. The molecule has 0 spiro atoms. The van der Waals surface area contributed by atoms with Gasteiger partial charge in [-0.05, 0) is 55.7 Å². The second-order valence-corrected chi connectivity index (χ2v) is 6.16. The lowest BCUT2D eigenvalue weighted by atomic mass is 9.87. The predicted octanol–water partition coefficient (Wildman–Crippen LogP) is 2.81. The normalized spacial score (nSPS) is 27.6. The lowest BCUT2D eigenvalue weighted by molar-refractivity contribution is 0.100. The maximum Gasteiger partial charge on any atom is 0.248 e. The fourth-order valence-corrected chi connectivity index (χ4v) is 3.72. The van der Waals surface area contributed by atoms with Crippen LogP contribution in [0.25, 0.3) is 0 Å². The van der Waals surface area contributed by atoms with E-state index in [0.29, 0.717) is 23.4 Å². The average Bonchev–Trinajstić information content (AvgIpc) is 3.09. The Hall–Kier alpha value is -1.97. The molecule has 1 amide bonds. The minimum Gasteiger partial charge on any atom is -0.495 e. The van der Waals surface area contributed by atoms with Crippen LogP contribution in [0.5, 0.6) is 5.75 Å². The van der Waals surface area contributed by atoms with Crippen molar-refractivity contribution in [2.24, 2.45) is 23.5 Å². The molecule has 1 fully saturated rings. The largest absolute Gasteiger partial charge is 0.495 e. The zero-order valence-corrected chi connectivity index (χ0v) is 12.5. The molecule has 0 aliphatic heterocycles. The lowest BCUT2D eigenvalue weighted by Gasteiger charge is -2.27. The molecule has 1 aromatic carbocycles. The molecule has 0 saturated heterocycles. The molecule has 4 nitrogen and oxygen atoms in total. The molecule has 4 unspecified atom stereocenters. The van der Waals surface area contributed by atoms with E-state index in [9.17, 15) is 4.79 Å². The highest BCUT2D eigenvalue weighted by Crippen LogP contribution is 2.45.